The fourth-order valence-electron chi connectivity index (χ4n) is 3.94. The van der Waals surface area contributed by atoms with E-state index in [1.807, 2.05) is 18.2 Å². The number of amides is 1. The highest BCUT2D eigenvalue weighted by atomic mass is 16.5. The molecular weight excluding hydrogens is 356 g/mol. The van der Waals surface area contributed by atoms with Crippen molar-refractivity contribution in [2.45, 2.75) is 39.2 Å². The third-order valence-electron chi connectivity index (χ3n) is 5.84. The summed E-state index contributed by atoms with van der Waals surface area (Å²) in [5.41, 5.74) is 1.16. The zero-order chi connectivity index (χ0) is 19.8. The van der Waals surface area contributed by atoms with Crippen molar-refractivity contribution >= 4 is 5.91 Å². The molecule has 1 aliphatic heterocycles. The Kier molecular flexibility index (Phi) is 7.98. The highest BCUT2D eigenvalue weighted by molar-refractivity contribution is 5.78. The monoisotopic (exact) mass is 390 g/mol. The van der Waals surface area contributed by atoms with E-state index in [1.165, 1.54) is 25.7 Å². The first-order chi connectivity index (χ1) is 13.7. The van der Waals surface area contributed by atoms with Gasteiger partial charge in [0, 0.05) is 19.6 Å². The Hall–Kier alpha value is -1.79. The average molecular weight is 391 g/mol. The molecule has 0 radical (unpaired) electrons. The molecule has 0 aromatic heterocycles. The van der Waals surface area contributed by atoms with E-state index in [-0.39, 0.29) is 12.5 Å². The van der Waals surface area contributed by atoms with Crippen molar-refractivity contribution in [3.8, 4) is 11.5 Å². The molecule has 1 amide bonds. The second-order valence-electron chi connectivity index (χ2n) is 8.02. The zero-order valence-corrected chi connectivity index (χ0v) is 17.2. The Morgan fingerprint density at radius 2 is 1.93 bits per heavy atom. The van der Waals surface area contributed by atoms with Gasteiger partial charge >= 0.3 is 0 Å². The van der Waals surface area contributed by atoms with Crippen LogP contribution in [0.15, 0.2) is 18.2 Å². The summed E-state index contributed by atoms with van der Waals surface area (Å²) in [4.78, 5) is 14.0. The highest BCUT2D eigenvalue weighted by Gasteiger charge is 2.19. The van der Waals surface area contributed by atoms with Crippen LogP contribution in [0.5, 0.6) is 11.5 Å². The van der Waals surface area contributed by atoms with Gasteiger partial charge in [-0.05, 0) is 48.9 Å². The number of carbonyl (C=O) groups excluding carboxylic acids is 1. The van der Waals surface area contributed by atoms with Crippen LogP contribution >= 0.6 is 0 Å². The van der Waals surface area contributed by atoms with Crippen molar-refractivity contribution in [3.63, 3.8) is 0 Å². The van der Waals surface area contributed by atoms with E-state index in [9.17, 15) is 4.79 Å². The first-order valence-electron chi connectivity index (χ1n) is 10.5. The molecule has 1 saturated heterocycles. The summed E-state index contributed by atoms with van der Waals surface area (Å²) in [6.07, 6.45) is 5.38. The first kappa shape index (κ1) is 20.9. The zero-order valence-electron chi connectivity index (χ0n) is 17.2. The minimum Gasteiger partial charge on any atom is -0.493 e. The molecule has 1 saturated carbocycles. The first-order valence-corrected chi connectivity index (χ1v) is 10.5. The van der Waals surface area contributed by atoms with Gasteiger partial charge in [-0.3, -0.25) is 4.79 Å². The Labute approximate surface area is 168 Å². The van der Waals surface area contributed by atoms with Crippen LogP contribution < -0.4 is 14.8 Å². The Morgan fingerprint density at radius 1 is 1.18 bits per heavy atom. The maximum Gasteiger partial charge on any atom is 0.260 e. The molecule has 1 aliphatic carbocycles. The van der Waals surface area contributed by atoms with Gasteiger partial charge in [0.15, 0.2) is 18.1 Å². The predicted octanol–water partition coefficient (Wildman–Crippen LogP) is 2.85. The molecule has 1 heterocycles. The predicted molar refractivity (Wildman–Crippen MR) is 109 cm³/mol. The van der Waals surface area contributed by atoms with E-state index in [0.29, 0.717) is 37.8 Å². The Morgan fingerprint density at radius 3 is 2.64 bits per heavy atom. The lowest BCUT2D eigenvalue weighted by Gasteiger charge is -2.27. The number of rotatable bonds is 8. The number of ether oxygens (including phenoxy) is 3. The fourth-order valence-corrected chi connectivity index (χ4v) is 3.94. The third-order valence-corrected chi connectivity index (χ3v) is 5.84. The number of carbonyl (C=O) groups is 1. The van der Waals surface area contributed by atoms with Crippen LogP contribution in [0.1, 0.15) is 38.2 Å². The van der Waals surface area contributed by atoms with E-state index in [2.05, 4.69) is 12.2 Å². The lowest BCUT2D eigenvalue weighted by molar-refractivity contribution is -0.137. The van der Waals surface area contributed by atoms with Crippen molar-refractivity contribution in [1.29, 1.82) is 0 Å². The summed E-state index contributed by atoms with van der Waals surface area (Å²) >= 11 is 0. The van der Waals surface area contributed by atoms with E-state index >= 15 is 0 Å². The van der Waals surface area contributed by atoms with Crippen molar-refractivity contribution in [2.24, 2.45) is 11.8 Å². The number of morpholine rings is 1. The third kappa shape index (κ3) is 6.11. The van der Waals surface area contributed by atoms with Crippen LogP contribution in [0.4, 0.5) is 0 Å². The largest absolute Gasteiger partial charge is 0.493 e. The molecule has 2 fully saturated rings. The lowest BCUT2D eigenvalue weighted by Crippen LogP contribution is -2.43. The molecule has 28 heavy (non-hydrogen) atoms. The van der Waals surface area contributed by atoms with Crippen molar-refractivity contribution in [3.05, 3.63) is 23.8 Å². The van der Waals surface area contributed by atoms with Gasteiger partial charge in [-0.25, -0.2) is 0 Å². The van der Waals surface area contributed by atoms with E-state index < -0.39 is 0 Å². The van der Waals surface area contributed by atoms with E-state index in [0.717, 1.165) is 30.5 Å². The maximum absolute atomic E-state index is 12.2. The van der Waals surface area contributed by atoms with E-state index in [1.54, 1.807) is 12.0 Å². The Balaban J connectivity index is 1.45. The van der Waals surface area contributed by atoms with Crippen LogP contribution in [0.3, 0.4) is 0 Å². The van der Waals surface area contributed by atoms with Gasteiger partial charge in [-0.2, -0.15) is 0 Å². The number of hydrogen-bond acceptors (Lipinski definition) is 5. The average Bonchev–Trinajstić information content (AvgIpc) is 2.74. The summed E-state index contributed by atoms with van der Waals surface area (Å²) < 4.78 is 16.5. The molecule has 6 nitrogen and oxygen atoms in total. The number of nitrogens with zero attached hydrogens (tertiary/aromatic N) is 1. The second-order valence-corrected chi connectivity index (χ2v) is 8.02. The number of hydrogen-bond donors (Lipinski definition) is 1. The van der Waals surface area contributed by atoms with Crippen LogP contribution in [-0.2, 0) is 16.1 Å². The normalized spacial score (nSPS) is 22.7. The molecular formula is C22H34N2O4. The minimum absolute atomic E-state index is 0.0158. The SMILES string of the molecule is COc1cc(CNCC2CCC(C)CC2)ccc1OCC(=O)N1CCOCC1. The molecule has 0 bridgehead atoms. The van der Waals surface area contributed by atoms with Gasteiger partial charge < -0.3 is 24.4 Å². The Bertz CT molecular complexity index is 623. The standard InChI is InChI=1S/C22H34N2O4/c1-17-3-5-18(6-4-17)14-23-15-19-7-8-20(21(13-19)26-2)28-16-22(25)24-9-11-27-12-10-24/h7-8,13,17-18,23H,3-6,9-12,14-16H2,1-2H3. The molecule has 2 aliphatic rings. The van der Waals surface area contributed by atoms with E-state index in [4.69, 9.17) is 14.2 Å². The van der Waals surface area contributed by atoms with Crippen molar-refractivity contribution in [1.82, 2.24) is 10.2 Å². The van der Waals surface area contributed by atoms with Crippen LogP contribution in [0, 0.1) is 11.8 Å². The van der Waals surface area contributed by atoms with Gasteiger partial charge in [0.1, 0.15) is 0 Å². The molecule has 1 N–H and O–H groups in total. The molecule has 1 aromatic rings. The maximum atomic E-state index is 12.2. The number of nitrogens with one attached hydrogen (secondary N) is 1. The summed E-state index contributed by atoms with van der Waals surface area (Å²) in [6.45, 7) is 6.71. The molecule has 1 aromatic carbocycles. The van der Waals surface area contributed by atoms with Gasteiger partial charge in [0.05, 0.1) is 20.3 Å². The van der Waals surface area contributed by atoms with Crippen molar-refractivity contribution < 1.29 is 19.0 Å². The summed E-state index contributed by atoms with van der Waals surface area (Å²) in [6, 6.07) is 5.92. The van der Waals surface area contributed by atoms with Crippen molar-refractivity contribution in [2.75, 3.05) is 46.6 Å². The smallest absolute Gasteiger partial charge is 0.260 e. The molecule has 0 spiro atoms. The summed E-state index contributed by atoms with van der Waals surface area (Å²) in [7, 11) is 1.63. The van der Waals surface area contributed by atoms with Crippen LogP contribution in [0.25, 0.3) is 0 Å². The molecule has 0 atom stereocenters. The van der Waals surface area contributed by atoms with Gasteiger partial charge in [0.2, 0.25) is 0 Å². The molecule has 3 rings (SSSR count). The number of methoxy groups -OCH3 is 1. The summed E-state index contributed by atoms with van der Waals surface area (Å²) in [5.74, 6) is 2.95. The van der Waals surface area contributed by atoms with Crippen LogP contribution in [0.2, 0.25) is 0 Å². The van der Waals surface area contributed by atoms with Gasteiger partial charge in [-0.15, -0.1) is 0 Å². The highest BCUT2D eigenvalue weighted by Crippen LogP contribution is 2.29. The number of benzene rings is 1. The lowest BCUT2D eigenvalue weighted by atomic mass is 9.83. The molecule has 0 unspecified atom stereocenters. The summed E-state index contributed by atoms with van der Waals surface area (Å²) in [5, 5.41) is 3.58. The fraction of sp³-hybridized carbons (Fsp3) is 0.682. The molecule has 6 heteroatoms. The van der Waals surface area contributed by atoms with Gasteiger partial charge in [-0.1, -0.05) is 25.8 Å². The molecule has 156 valence electrons. The van der Waals surface area contributed by atoms with Crippen LogP contribution in [-0.4, -0.2) is 57.4 Å². The quantitative estimate of drug-likeness (QED) is 0.740. The van der Waals surface area contributed by atoms with Gasteiger partial charge in [0.25, 0.3) is 5.91 Å². The minimum atomic E-state index is -0.0158. The second kappa shape index (κ2) is 10.7. The topological polar surface area (TPSA) is 60.0 Å².